The largest absolute Gasteiger partial charge is 0.494 e. The third-order valence-electron chi connectivity index (χ3n) is 7.74. The second kappa shape index (κ2) is 13.9. The van der Waals surface area contributed by atoms with E-state index < -0.39 is 6.10 Å². The van der Waals surface area contributed by atoms with Gasteiger partial charge in [0.05, 0.1) is 30.6 Å². The van der Waals surface area contributed by atoms with E-state index in [2.05, 4.69) is 23.5 Å². The van der Waals surface area contributed by atoms with Gasteiger partial charge in [-0.2, -0.15) is 0 Å². The molecule has 0 unspecified atom stereocenters. The van der Waals surface area contributed by atoms with Crippen LogP contribution in [0.25, 0.3) is 0 Å². The molecule has 2 aliphatic rings. The van der Waals surface area contributed by atoms with Gasteiger partial charge in [-0.3, -0.25) is 4.79 Å². The van der Waals surface area contributed by atoms with E-state index in [0.717, 1.165) is 63.7 Å². The Kier molecular flexibility index (Phi) is 10.1. The van der Waals surface area contributed by atoms with Gasteiger partial charge in [0.2, 0.25) is 5.91 Å². The molecule has 5 rings (SSSR count). The van der Waals surface area contributed by atoms with Crippen molar-refractivity contribution in [3.63, 3.8) is 0 Å². The molecule has 3 atom stereocenters. The summed E-state index contributed by atoms with van der Waals surface area (Å²) in [6.07, 6.45) is 5.31. The first kappa shape index (κ1) is 29.0. The lowest BCUT2D eigenvalue weighted by Gasteiger charge is -2.33. The summed E-state index contributed by atoms with van der Waals surface area (Å²) >= 11 is 8.25. The monoisotopic (exact) mass is 579 g/mol. The lowest BCUT2D eigenvalue weighted by atomic mass is 9.94. The van der Waals surface area contributed by atoms with Gasteiger partial charge in [0.1, 0.15) is 5.75 Å². The van der Waals surface area contributed by atoms with Gasteiger partial charge in [-0.1, -0.05) is 60.8 Å². The number of para-hydroxylation sites is 1. The number of nitrogens with one attached hydrogen (secondary N) is 1. The van der Waals surface area contributed by atoms with Gasteiger partial charge >= 0.3 is 0 Å². The Hall–Kier alpha value is -2.51. The summed E-state index contributed by atoms with van der Waals surface area (Å²) in [5.41, 5.74) is 4.07. The number of carbonyl (C=O) groups is 1. The van der Waals surface area contributed by atoms with Gasteiger partial charge < -0.3 is 19.9 Å². The first-order valence-corrected chi connectivity index (χ1v) is 15.7. The van der Waals surface area contributed by atoms with Crippen LogP contribution in [0.1, 0.15) is 68.2 Å². The van der Waals surface area contributed by atoms with Gasteiger partial charge in [-0.25, -0.2) is 0 Å². The SMILES string of the molecule is CCOc1ccc(Cc2cc([C@H]3C[C@@H](O)C[C@@H](CSc4ccccc4NC(=O)C4CCCC4)O3)ccc2Cl)cc1. The number of anilines is 1. The quantitative estimate of drug-likeness (QED) is 0.240. The van der Waals surface area contributed by atoms with Crippen molar-refractivity contribution in [1.29, 1.82) is 0 Å². The lowest BCUT2D eigenvalue weighted by Crippen LogP contribution is -2.33. The van der Waals surface area contributed by atoms with Crippen LogP contribution in [0.2, 0.25) is 5.02 Å². The number of hydrogen-bond donors (Lipinski definition) is 2. The summed E-state index contributed by atoms with van der Waals surface area (Å²) in [5.74, 6) is 1.79. The fourth-order valence-corrected chi connectivity index (χ4v) is 6.85. The summed E-state index contributed by atoms with van der Waals surface area (Å²) < 4.78 is 12.1. The van der Waals surface area contributed by atoms with E-state index in [1.54, 1.807) is 11.8 Å². The molecule has 2 fully saturated rings. The summed E-state index contributed by atoms with van der Waals surface area (Å²) in [4.78, 5) is 13.8. The highest BCUT2D eigenvalue weighted by Gasteiger charge is 2.30. The minimum atomic E-state index is -0.438. The maximum absolute atomic E-state index is 12.7. The van der Waals surface area contributed by atoms with Crippen molar-refractivity contribution in [2.24, 2.45) is 5.92 Å². The topological polar surface area (TPSA) is 67.8 Å². The van der Waals surface area contributed by atoms with Crippen LogP contribution in [-0.2, 0) is 16.0 Å². The van der Waals surface area contributed by atoms with Gasteiger partial charge in [-0.05, 0) is 73.2 Å². The number of amides is 1. The molecule has 1 aliphatic heterocycles. The molecule has 1 amide bonds. The molecule has 1 saturated carbocycles. The van der Waals surface area contributed by atoms with Crippen LogP contribution >= 0.6 is 23.4 Å². The van der Waals surface area contributed by atoms with Crippen molar-refractivity contribution in [3.05, 3.63) is 88.4 Å². The number of aliphatic hydroxyl groups is 1. The Morgan fingerprint density at radius 1 is 1.07 bits per heavy atom. The zero-order valence-corrected chi connectivity index (χ0v) is 24.6. The average molecular weight is 580 g/mol. The lowest BCUT2D eigenvalue weighted by molar-refractivity contribution is -0.119. The molecule has 3 aromatic carbocycles. The average Bonchev–Trinajstić information content (AvgIpc) is 3.50. The molecular weight excluding hydrogens is 542 g/mol. The van der Waals surface area contributed by atoms with E-state index in [1.165, 1.54) is 0 Å². The Morgan fingerprint density at radius 2 is 1.85 bits per heavy atom. The van der Waals surface area contributed by atoms with Crippen LogP contribution in [0.15, 0.2) is 71.6 Å². The summed E-state index contributed by atoms with van der Waals surface area (Å²) in [5, 5.41) is 14.6. The minimum Gasteiger partial charge on any atom is -0.494 e. The minimum absolute atomic E-state index is 0.109. The van der Waals surface area contributed by atoms with Crippen molar-refractivity contribution in [3.8, 4) is 5.75 Å². The molecule has 0 spiro atoms. The first-order chi connectivity index (χ1) is 19.5. The van der Waals surface area contributed by atoms with Crippen molar-refractivity contribution < 1.29 is 19.4 Å². The van der Waals surface area contributed by atoms with Gasteiger partial charge in [0.15, 0.2) is 0 Å². The number of thioether (sulfide) groups is 1. The number of ether oxygens (including phenoxy) is 2. The van der Waals surface area contributed by atoms with Gasteiger partial charge in [0, 0.05) is 34.4 Å². The molecule has 0 radical (unpaired) electrons. The third kappa shape index (κ3) is 7.61. The van der Waals surface area contributed by atoms with Crippen LogP contribution in [0.5, 0.6) is 5.75 Å². The second-order valence-electron chi connectivity index (χ2n) is 10.8. The summed E-state index contributed by atoms with van der Waals surface area (Å²) in [7, 11) is 0. The highest BCUT2D eigenvalue weighted by atomic mass is 35.5. The number of hydrogen-bond acceptors (Lipinski definition) is 5. The molecule has 5 nitrogen and oxygen atoms in total. The highest BCUT2D eigenvalue weighted by molar-refractivity contribution is 7.99. The highest BCUT2D eigenvalue weighted by Crippen LogP contribution is 2.37. The Bertz CT molecular complexity index is 1280. The van der Waals surface area contributed by atoms with Gasteiger partial charge in [-0.15, -0.1) is 11.8 Å². The van der Waals surface area contributed by atoms with E-state index in [9.17, 15) is 9.90 Å². The zero-order chi connectivity index (χ0) is 27.9. The van der Waals surface area contributed by atoms with Crippen LogP contribution in [0, 0.1) is 5.92 Å². The molecule has 1 saturated heterocycles. The van der Waals surface area contributed by atoms with Crippen molar-refractivity contribution in [2.75, 3.05) is 17.7 Å². The predicted octanol–water partition coefficient (Wildman–Crippen LogP) is 7.83. The van der Waals surface area contributed by atoms with Crippen molar-refractivity contribution >= 4 is 35.0 Å². The molecule has 0 bridgehead atoms. The molecule has 212 valence electrons. The number of benzene rings is 3. The zero-order valence-electron chi connectivity index (χ0n) is 23.0. The number of halogens is 1. The molecule has 0 aromatic heterocycles. The maximum Gasteiger partial charge on any atom is 0.227 e. The summed E-state index contributed by atoms with van der Waals surface area (Å²) in [6.45, 7) is 2.62. The van der Waals surface area contributed by atoms with Crippen LogP contribution in [0.4, 0.5) is 5.69 Å². The third-order valence-corrected chi connectivity index (χ3v) is 9.32. The Balaban J connectivity index is 1.22. The smallest absolute Gasteiger partial charge is 0.227 e. The van der Waals surface area contributed by atoms with Crippen molar-refractivity contribution in [1.82, 2.24) is 0 Å². The number of carbonyl (C=O) groups excluding carboxylic acids is 1. The fourth-order valence-electron chi connectivity index (χ4n) is 5.63. The fraction of sp³-hybridized carbons (Fsp3) is 0.424. The second-order valence-corrected chi connectivity index (χ2v) is 12.2. The molecular formula is C33H38ClNO4S. The summed E-state index contributed by atoms with van der Waals surface area (Å²) in [6, 6.07) is 22.1. The van der Waals surface area contributed by atoms with E-state index in [-0.39, 0.29) is 24.0 Å². The predicted molar refractivity (Wildman–Crippen MR) is 162 cm³/mol. The normalized spacial score (nSPS) is 21.3. The first-order valence-electron chi connectivity index (χ1n) is 14.3. The van der Waals surface area contributed by atoms with E-state index in [4.69, 9.17) is 21.1 Å². The molecule has 40 heavy (non-hydrogen) atoms. The van der Waals surface area contributed by atoms with Crippen molar-refractivity contribution in [2.45, 2.75) is 75.1 Å². The van der Waals surface area contributed by atoms with E-state index in [1.807, 2.05) is 55.5 Å². The van der Waals surface area contributed by atoms with E-state index in [0.29, 0.717) is 31.6 Å². The Labute approximate surface area is 246 Å². The molecule has 2 N–H and O–H groups in total. The van der Waals surface area contributed by atoms with Crippen LogP contribution < -0.4 is 10.1 Å². The molecule has 1 aliphatic carbocycles. The standard InChI is InChI=1S/C33H38ClNO4S/c1-2-38-27-14-11-22(12-15-27)17-25-18-24(13-16-29(25)34)31-20-26(36)19-28(39-31)21-40-32-10-6-5-9-30(32)35-33(37)23-7-3-4-8-23/h5-6,9-16,18,23,26,28,31,36H,2-4,7-8,17,19-21H2,1H3,(H,35,37)/t26-,28-,31+/m0/s1. The van der Waals surface area contributed by atoms with Crippen LogP contribution in [-0.4, -0.2) is 35.6 Å². The number of aliphatic hydroxyl groups excluding tert-OH is 1. The van der Waals surface area contributed by atoms with Crippen LogP contribution in [0.3, 0.4) is 0 Å². The van der Waals surface area contributed by atoms with E-state index >= 15 is 0 Å². The maximum atomic E-state index is 12.7. The molecule has 3 aromatic rings. The molecule has 7 heteroatoms. The Morgan fingerprint density at radius 3 is 2.62 bits per heavy atom. The number of rotatable bonds is 10. The molecule has 1 heterocycles. The van der Waals surface area contributed by atoms with Gasteiger partial charge in [0.25, 0.3) is 0 Å².